The summed E-state index contributed by atoms with van der Waals surface area (Å²) in [6.45, 7) is 1.63. The number of benzene rings is 1. The SMILES string of the molecule is COC(=O)[C@H](NC(=O)Cc1ccc(F)c(F)c1)[C@H](C)CC#N. The molecule has 1 aromatic rings. The highest BCUT2D eigenvalue weighted by Crippen LogP contribution is 2.12. The number of nitriles is 1. The second-order valence-electron chi connectivity index (χ2n) is 4.83. The van der Waals surface area contributed by atoms with Crippen molar-refractivity contribution in [1.82, 2.24) is 5.32 Å². The molecule has 0 unspecified atom stereocenters. The molecule has 1 N–H and O–H groups in total. The fraction of sp³-hybridized carbons (Fsp3) is 0.400. The zero-order valence-corrected chi connectivity index (χ0v) is 12.2. The van der Waals surface area contributed by atoms with Crippen LogP contribution in [0.1, 0.15) is 18.9 Å². The lowest BCUT2D eigenvalue weighted by molar-refractivity contribution is -0.146. The Bertz CT molecular complexity index is 599. The molecule has 0 heterocycles. The third-order valence-electron chi connectivity index (χ3n) is 3.10. The van der Waals surface area contributed by atoms with Crippen molar-refractivity contribution in [1.29, 1.82) is 5.26 Å². The molecule has 0 bridgehead atoms. The molecule has 0 spiro atoms. The Morgan fingerprint density at radius 1 is 1.36 bits per heavy atom. The molecule has 1 amide bonds. The Morgan fingerprint density at radius 3 is 2.59 bits per heavy atom. The van der Waals surface area contributed by atoms with Crippen molar-refractivity contribution in [3.8, 4) is 6.07 Å². The van der Waals surface area contributed by atoms with Gasteiger partial charge in [0, 0.05) is 12.3 Å². The van der Waals surface area contributed by atoms with Crippen molar-refractivity contribution in [2.24, 2.45) is 5.92 Å². The van der Waals surface area contributed by atoms with Crippen LogP contribution in [0.15, 0.2) is 18.2 Å². The number of carbonyl (C=O) groups excluding carboxylic acids is 2. The topological polar surface area (TPSA) is 79.2 Å². The van der Waals surface area contributed by atoms with Gasteiger partial charge in [-0.2, -0.15) is 5.26 Å². The van der Waals surface area contributed by atoms with Gasteiger partial charge in [0.2, 0.25) is 5.91 Å². The van der Waals surface area contributed by atoms with Crippen molar-refractivity contribution >= 4 is 11.9 Å². The first-order valence-corrected chi connectivity index (χ1v) is 6.57. The predicted molar refractivity (Wildman–Crippen MR) is 73.4 cm³/mol. The number of ether oxygens (including phenoxy) is 1. The highest BCUT2D eigenvalue weighted by molar-refractivity contribution is 5.85. The minimum Gasteiger partial charge on any atom is -0.467 e. The van der Waals surface area contributed by atoms with Crippen LogP contribution in [-0.4, -0.2) is 25.0 Å². The number of carbonyl (C=O) groups is 2. The smallest absolute Gasteiger partial charge is 0.328 e. The lowest BCUT2D eigenvalue weighted by Gasteiger charge is -2.21. The summed E-state index contributed by atoms with van der Waals surface area (Å²) in [5.74, 6) is -3.70. The van der Waals surface area contributed by atoms with E-state index in [1.54, 1.807) is 6.92 Å². The maximum atomic E-state index is 13.1. The molecule has 0 aliphatic carbocycles. The Kier molecular flexibility index (Phi) is 6.45. The fourth-order valence-electron chi connectivity index (χ4n) is 1.88. The average Bonchev–Trinajstić information content (AvgIpc) is 2.48. The van der Waals surface area contributed by atoms with E-state index in [2.05, 4.69) is 10.1 Å². The molecule has 0 aromatic heterocycles. The van der Waals surface area contributed by atoms with E-state index < -0.39 is 35.5 Å². The van der Waals surface area contributed by atoms with Gasteiger partial charge in [-0.05, 0) is 17.7 Å². The largest absolute Gasteiger partial charge is 0.467 e. The van der Waals surface area contributed by atoms with Crippen molar-refractivity contribution in [3.05, 3.63) is 35.4 Å². The van der Waals surface area contributed by atoms with Crippen molar-refractivity contribution in [2.75, 3.05) is 7.11 Å². The summed E-state index contributed by atoms with van der Waals surface area (Å²) in [5, 5.41) is 11.1. The number of rotatable bonds is 6. The van der Waals surface area contributed by atoms with Crippen molar-refractivity contribution in [2.45, 2.75) is 25.8 Å². The maximum Gasteiger partial charge on any atom is 0.328 e. The molecule has 0 saturated heterocycles. The zero-order chi connectivity index (χ0) is 16.7. The minimum absolute atomic E-state index is 0.0607. The first kappa shape index (κ1) is 17.6. The molecule has 7 heteroatoms. The minimum atomic E-state index is -1.05. The highest BCUT2D eigenvalue weighted by atomic mass is 19.2. The van der Waals surface area contributed by atoms with Crippen LogP contribution >= 0.6 is 0 Å². The molecule has 0 aliphatic rings. The van der Waals surface area contributed by atoms with E-state index in [1.165, 1.54) is 13.2 Å². The zero-order valence-electron chi connectivity index (χ0n) is 12.2. The van der Waals surface area contributed by atoms with Gasteiger partial charge in [-0.1, -0.05) is 13.0 Å². The number of hydrogen-bond donors (Lipinski definition) is 1. The summed E-state index contributed by atoms with van der Waals surface area (Å²) in [4.78, 5) is 23.6. The lowest BCUT2D eigenvalue weighted by atomic mass is 9.98. The van der Waals surface area contributed by atoms with Crippen LogP contribution < -0.4 is 5.32 Å². The van der Waals surface area contributed by atoms with Gasteiger partial charge in [0.1, 0.15) is 6.04 Å². The first-order valence-electron chi connectivity index (χ1n) is 6.57. The Balaban J connectivity index is 2.76. The van der Waals surface area contributed by atoms with Gasteiger partial charge in [0.25, 0.3) is 0 Å². The van der Waals surface area contributed by atoms with E-state index >= 15 is 0 Å². The van der Waals surface area contributed by atoms with Gasteiger partial charge < -0.3 is 10.1 Å². The maximum absolute atomic E-state index is 13.1. The molecule has 2 atom stereocenters. The van der Waals surface area contributed by atoms with Crippen LogP contribution in [-0.2, 0) is 20.7 Å². The van der Waals surface area contributed by atoms with Gasteiger partial charge >= 0.3 is 5.97 Å². The van der Waals surface area contributed by atoms with E-state index in [-0.39, 0.29) is 18.4 Å². The molecule has 22 heavy (non-hydrogen) atoms. The van der Waals surface area contributed by atoms with Gasteiger partial charge in [0.05, 0.1) is 19.6 Å². The Labute approximate surface area is 126 Å². The standard InChI is InChI=1S/C15H16F2N2O3/c1-9(5-6-18)14(15(21)22-2)19-13(20)8-10-3-4-11(16)12(17)7-10/h3-4,7,9,14H,5,8H2,1-2H3,(H,19,20)/t9-,14-/m1/s1. The molecule has 0 fully saturated rings. The van der Waals surface area contributed by atoms with Crippen molar-refractivity contribution in [3.63, 3.8) is 0 Å². The first-order chi connectivity index (χ1) is 10.4. The normalized spacial score (nSPS) is 12.9. The summed E-state index contributed by atoms with van der Waals surface area (Å²) >= 11 is 0. The number of amides is 1. The van der Waals surface area contributed by atoms with E-state index in [0.717, 1.165) is 12.1 Å². The van der Waals surface area contributed by atoms with Crippen LogP contribution in [0.4, 0.5) is 8.78 Å². The van der Waals surface area contributed by atoms with E-state index in [9.17, 15) is 18.4 Å². The van der Waals surface area contributed by atoms with Crippen LogP contribution in [0.3, 0.4) is 0 Å². The Morgan fingerprint density at radius 2 is 2.05 bits per heavy atom. The van der Waals surface area contributed by atoms with E-state index in [0.29, 0.717) is 0 Å². The lowest BCUT2D eigenvalue weighted by Crippen LogP contribution is -2.46. The molecule has 1 aromatic carbocycles. The quantitative estimate of drug-likeness (QED) is 0.811. The highest BCUT2D eigenvalue weighted by Gasteiger charge is 2.27. The third-order valence-corrected chi connectivity index (χ3v) is 3.10. The fourth-order valence-corrected chi connectivity index (χ4v) is 1.88. The molecule has 118 valence electrons. The molecule has 1 rings (SSSR count). The number of hydrogen-bond acceptors (Lipinski definition) is 4. The monoisotopic (exact) mass is 310 g/mol. The average molecular weight is 310 g/mol. The molecular formula is C15H16F2N2O3. The van der Waals surface area contributed by atoms with Gasteiger partial charge in [-0.15, -0.1) is 0 Å². The van der Waals surface area contributed by atoms with Crippen LogP contribution in [0.5, 0.6) is 0 Å². The number of nitrogens with zero attached hydrogens (tertiary/aromatic N) is 1. The molecule has 0 radical (unpaired) electrons. The second kappa shape index (κ2) is 8.08. The van der Waals surface area contributed by atoms with Gasteiger partial charge in [-0.25, -0.2) is 13.6 Å². The van der Waals surface area contributed by atoms with E-state index in [4.69, 9.17) is 5.26 Å². The number of esters is 1. The second-order valence-corrected chi connectivity index (χ2v) is 4.83. The summed E-state index contributed by atoms with van der Waals surface area (Å²) in [6.07, 6.45) is -0.158. The number of halogens is 2. The summed E-state index contributed by atoms with van der Waals surface area (Å²) in [7, 11) is 1.18. The summed E-state index contributed by atoms with van der Waals surface area (Å²) < 4.78 is 30.5. The van der Waals surface area contributed by atoms with E-state index in [1.807, 2.05) is 6.07 Å². The predicted octanol–water partition coefficient (Wildman–Crippen LogP) is 1.71. The summed E-state index contributed by atoms with van der Waals surface area (Å²) in [6, 6.07) is 4.07. The summed E-state index contributed by atoms with van der Waals surface area (Å²) in [5.41, 5.74) is 0.271. The van der Waals surface area contributed by atoms with Crippen LogP contribution in [0.25, 0.3) is 0 Å². The van der Waals surface area contributed by atoms with Crippen LogP contribution in [0.2, 0.25) is 0 Å². The van der Waals surface area contributed by atoms with Crippen LogP contribution in [0, 0.1) is 28.9 Å². The van der Waals surface area contributed by atoms with Crippen molar-refractivity contribution < 1.29 is 23.1 Å². The molecular weight excluding hydrogens is 294 g/mol. The molecule has 5 nitrogen and oxygen atoms in total. The van der Waals surface area contributed by atoms with Gasteiger partial charge in [0.15, 0.2) is 11.6 Å². The Hall–Kier alpha value is -2.49. The number of methoxy groups -OCH3 is 1. The molecule has 0 aliphatic heterocycles. The molecule has 0 saturated carbocycles. The van der Waals surface area contributed by atoms with Gasteiger partial charge in [-0.3, -0.25) is 4.79 Å². The number of nitrogens with one attached hydrogen (secondary N) is 1. The third kappa shape index (κ3) is 4.81.